The largest absolute Gasteiger partial charge is 0.339 e. The third-order valence-corrected chi connectivity index (χ3v) is 6.26. The van der Waals surface area contributed by atoms with Crippen LogP contribution in [0.2, 0.25) is 0 Å². The number of urea groups is 1. The quantitative estimate of drug-likeness (QED) is 0.704. The van der Waals surface area contributed by atoms with Gasteiger partial charge in [-0.2, -0.15) is 0 Å². The van der Waals surface area contributed by atoms with E-state index in [2.05, 4.69) is 31.5 Å². The molecule has 0 aliphatic carbocycles. The molecule has 8 nitrogen and oxygen atoms in total. The molecule has 154 valence electrons. The van der Waals surface area contributed by atoms with Crippen LogP contribution in [-0.2, 0) is 16.0 Å². The van der Waals surface area contributed by atoms with Crippen molar-refractivity contribution in [3.63, 3.8) is 0 Å². The van der Waals surface area contributed by atoms with Crippen LogP contribution in [-0.4, -0.2) is 58.8 Å². The van der Waals surface area contributed by atoms with Crippen molar-refractivity contribution < 1.29 is 14.4 Å². The van der Waals surface area contributed by atoms with E-state index in [0.29, 0.717) is 37.0 Å². The number of amides is 4. The van der Waals surface area contributed by atoms with Crippen LogP contribution in [0.3, 0.4) is 0 Å². The molecule has 2 aromatic rings. The summed E-state index contributed by atoms with van der Waals surface area (Å²) in [5.74, 6) is -0.151. The zero-order valence-corrected chi connectivity index (χ0v) is 18.6. The van der Waals surface area contributed by atoms with Gasteiger partial charge in [0.25, 0.3) is 0 Å². The van der Waals surface area contributed by atoms with E-state index in [4.69, 9.17) is 0 Å². The molecule has 2 heterocycles. The molecule has 29 heavy (non-hydrogen) atoms. The smallest absolute Gasteiger partial charge is 0.323 e. The summed E-state index contributed by atoms with van der Waals surface area (Å²) >= 11 is 4.71. The molecule has 2 N–H and O–H groups in total. The highest BCUT2D eigenvalue weighted by atomic mass is 79.9. The number of nitrogens with one attached hydrogen (secondary N) is 2. The number of hydrogen-bond donors (Lipinski definition) is 2. The monoisotopic (exact) mass is 479 g/mol. The van der Waals surface area contributed by atoms with Crippen LogP contribution in [0.4, 0.5) is 15.6 Å². The second-order valence-corrected chi connectivity index (χ2v) is 8.47. The zero-order chi connectivity index (χ0) is 21.0. The fourth-order valence-electron chi connectivity index (χ4n) is 2.93. The Hall–Kier alpha value is -2.46. The topological polar surface area (TPSA) is 94.6 Å². The lowest BCUT2D eigenvalue weighted by Gasteiger charge is -2.33. The highest BCUT2D eigenvalue weighted by Gasteiger charge is 2.23. The molecule has 1 aliphatic heterocycles. The van der Waals surface area contributed by atoms with Gasteiger partial charge in [-0.15, -0.1) is 11.3 Å². The van der Waals surface area contributed by atoms with Crippen molar-refractivity contribution in [3.8, 4) is 0 Å². The molecule has 0 unspecified atom stereocenters. The first kappa shape index (κ1) is 21.3. The van der Waals surface area contributed by atoms with E-state index in [1.165, 1.54) is 18.3 Å². The first-order chi connectivity index (χ1) is 13.8. The van der Waals surface area contributed by atoms with Crippen LogP contribution in [0.15, 0.2) is 28.1 Å². The Morgan fingerprint density at radius 1 is 1.14 bits per heavy atom. The van der Waals surface area contributed by atoms with Gasteiger partial charge in [0.2, 0.25) is 11.8 Å². The lowest BCUT2D eigenvalue weighted by atomic mass is 10.2. The predicted molar refractivity (Wildman–Crippen MR) is 116 cm³/mol. The second-order valence-electron chi connectivity index (χ2n) is 6.76. The van der Waals surface area contributed by atoms with Gasteiger partial charge < -0.3 is 15.1 Å². The Kier molecular flexibility index (Phi) is 6.86. The van der Waals surface area contributed by atoms with Crippen LogP contribution >= 0.6 is 27.3 Å². The van der Waals surface area contributed by atoms with E-state index >= 15 is 0 Å². The van der Waals surface area contributed by atoms with E-state index in [9.17, 15) is 14.4 Å². The summed E-state index contributed by atoms with van der Waals surface area (Å²) in [5, 5.41) is 7.83. The molecule has 1 aliphatic rings. The molecule has 0 radical (unpaired) electrons. The number of carbonyl (C=O) groups is 3. The van der Waals surface area contributed by atoms with Crippen molar-refractivity contribution >= 4 is 55.9 Å². The average Bonchev–Trinajstić information content (AvgIpc) is 3.11. The van der Waals surface area contributed by atoms with Crippen LogP contribution < -0.4 is 10.6 Å². The fourth-order valence-corrected chi connectivity index (χ4v) is 3.88. The lowest BCUT2D eigenvalue weighted by Crippen LogP contribution is -2.51. The van der Waals surface area contributed by atoms with Gasteiger partial charge in [-0.25, -0.2) is 9.78 Å². The molecule has 1 fully saturated rings. The molecule has 0 atom stereocenters. The Morgan fingerprint density at radius 3 is 2.48 bits per heavy atom. The Morgan fingerprint density at radius 2 is 1.83 bits per heavy atom. The van der Waals surface area contributed by atoms with Gasteiger partial charge in [0.15, 0.2) is 5.13 Å². The zero-order valence-electron chi connectivity index (χ0n) is 16.2. The number of halogens is 1. The molecule has 4 amide bonds. The van der Waals surface area contributed by atoms with Gasteiger partial charge in [0.1, 0.15) is 0 Å². The summed E-state index contributed by atoms with van der Waals surface area (Å²) < 4.78 is 0.984. The number of thiazole rings is 1. The van der Waals surface area contributed by atoms with Crippen molar-refractivity contribution in [2.24, 2.45) is 0 Å². The second kappa shape index (κ2) is 9.36. The fraction of sp³-hybridized carbons (Fsp3) is 0.368. The summed E-state index contributed by atoms with van der Waals surface area (Å²) in [6.07, 6.45) is 0.124. The van der Waals surface area contributed by atoms with E-state index in [1.54, 1.807) is 15.2 Å². The number of aromatic nitrogens is 1. The Labute approximate surface area is 181 Å². The van der Waals surface area contributed by atoms with E-state index in [1.807, 2.05) is 25.1 Å². The first-order valence-corrected chi connectivity index (χ1v) is 10.8. The molecule has 1 aromatic carbocycles. The van der Waals surface area contributed by atoms with Gasteiger partial charge in [-0.05, 0) is 30.7 Å². The molecule has 0 spiro atoms. The number of aryl methyl sites for hydroxylation is 1. The van der Waals surface area contributed by atoms with Crippen LogP contribution in [0, 0.1) is 6.92 Å². The summed E-state index contributed by atoms with van der Waals surface area (Å²) in [6.45, 7) is 5.51. The molecule has 0 bridgehead atoms. The van der Waals surface area contributed by atoms with Gasteiger partial charge in [0.05, 0.1) is 12.1 Å². The minimum atomic E-state index is -0.246. The summed E-state index contributed by atoms with van der Waals surface area (Å²) in [6, 6.07) is 5.36. The molecule has 10 heteroatoms. The highest BCUT2D eigenvalue weighted by molar-refractivity contribution is 9.10. The first-order valence-electron chi connectivity index (χ1n) is 9.13. The molecule has 1 saturated heterocycles. The van der Waals surface area contributed by atoms with Gasteiger partial charge in [-0.3, -0.25) is 14.9 Å². The maximum absolute atomic E-state index is 12.4. The number of hydrogen-bond acceptors (Lipinski definition) is 5. The molecular weight excluding hydrogens is 458 g/mol. The van der Waals surface area contributed by atoms with E-state index < -0.39 is 0 Å². The van der Waals surface area contributed by atoms with Crippen LogP contribution in [0.1, 0.15) is 18.2 Å². The lowest BCUT2D eigenvalue weighted by molar-refractivity contribution is -0.130. The number of carbonyl (C=O) groups excluding carboxylic acids is 3. The minimum absolute atomic E-state index is 0.0196. The van der Waals surface area contributed by atoms with E-state index in [-0.39, 0.29) is 24.3 Å². The third-order valence-electron chi connectivity index (χ3n) is 4.56. The SMILES string of the molecule is CC(=O)N1CCN(C(=O)Nc2nc(CC(=O)Nc3ccc(Br)c(C)c3)cs2)CC1. The van der Waals surface area contributed by atoms with Crippen LogP contribution in [0.5, 0.6) is 0 Å². The molecule has 3 rings (SSSR count). The third kappa shape index (κ3) is 5.77. The van der Waals surface area contributed by atoms with Crippen LogP contribution in [0.25, 0.3) is 0 Å². The van der Waals surface area contributed by atoms with Gasteiger partial charge in [-0.1, -0.05) is 15.9 Å². The summed E-state index contributed by atoms with van der Waals surface area (Å²) in [4.78, 5) is 43.7. The standard InChI is InChI=1S/C19H22BrN5O3S/c1-12-9-14(3-4-16(12)20)21-17(27)10-15-11-29-18(22-15)23-19(28)25-7-5-24(6-8-25)13(2)26/h3-4,9,11H,5-8,10H2,1-2H3,(H,21,27)(H,22,23,28). The van der Waals surface area contributed by atoms with Gasteiger partial charge >= 0.3 is 6.03 Å². The number of piperazine rings is 1. The minimum Gasteiger partial charge on any atom is -0.339 e. The van der Waals surface area contributed by atoms with Crippen molar-refractivity contribution in [3.05, 3.63) is 39.3 Å². The molecular formula is C19H22BrN5O3S. The molecule has 0 saturated carbocycles. The number of rotatable bonds is 4. The normalized spacial score (nSPS) is 13.9. The maximum Gasteiger partial charge on any atom is 0.323 e. The summed E-state index contributed by atoms with van der Waals surface area (Å²) in [7, 11) is 0. The van der Waals surface area contributed by atoms with Crippen molar-refractivity contribution in [2.75, 3.05) is 36.8 Å². The molecule has 1 aromatic heterocycles. The Bertz CT molecular complexity index is 924. The van der Waals surface area contributed by atoms with Crippen molar-refractivity contribution in [1.29, 1.82) is 0 Å². The number of benzene rings is 1. The predicted octanol–water partition coefficient (Wildman–Crippen LogP) is 3.09. The number of anilines is 2. The number of nitrogens with zero attached hydrogens (tertiary/aromatic N) is 3. The maximum atomic E-state index is 12.4. The average molecular weight is 480 g/mol. The van der Waals surface area contributed by atoms with Crippen molar-refractivity contribution in [2.45, 2.75) is 20.3 Å². The highest BCUT2D eigenvalue weighted by Crippen LogP contribution is 2.21. The van der Waals surface area contributed by atoms with E-state index in [0.717, 1.165) is 15.7 Å². The summed E-state index contributed by atoms with van der Waals surface area (Å²) in [5.41, 5.74) is 2.35. The van der Waals surface area contributed by atoms with Gasteiger partial charge in [0, 0.05) is 48.6 Å². The Balaban J connectivity index is 1.50. The van der Waals surface area contributed by atoms with Crippen molar-refractivity contribution in [1.82, 2.24) is 14.8 Å².